The molecule has 0 heterocycles. The summed E-state index contributed by atoms with van der Waals surface area (Å²) in [4.78, 5) is 48.4. The van der Waals surface area contributed by atoms with Gasteiger partial charge in [-0.05, 0) is 36.1 Å². The molecule has 8 heteroatoms. The second-order valence-electron chi connectivity index (χ2n) is 7.85. The molecule has 2 amide bonds. The Morgan fingerprint density at radius 2 is 1.57 bits per heavy atom. The van der Waals surface area contributed by atoms with E-state index in [-0.39, 0.29) is 12.8 Å². The molecule has 35 heavy (non-hydrogen) atoms. The number of amides is 2. The minimum Gasteiger partial charge on any atom is -0.462 e. The Morgan fingerprint density at radius 3 is 2.40 bits per heavy atom. The first kappa shape index (κ1) is 25.4. The van der Waals surface area contributed by atoms with Gasteiger partial charge in [-0.1, -0.05) is 55.8 Å². The molecule has 3 aromatic rings. The van der Waals surface area contributed by atoms with Crippen LogP contribution in [0.4, 0.5) is 11.4 Å². The fourth-order valence-electron chi connectivity index (χ4n) is 3.29. The Balaban J connectivity index is 1.41. The van der Waals surface area contributed by atoms with Crippen molar-refractivity contribution in [1.29, 1.82) is 0 Å². The van der Waals surface area contributed by atoms with Gasteiger partial charge in [0.05, 0.1) is 18.6 Å². The molecule has 0 atom stereocenters. The number of benzene rings is 3. The molecular formula is C27H28N2O6. The second kappa shape index (κ2) is 12.9. The number of anilines is 2. The van der Waals surface area contributed by atoms with Crippen LogP contribution >= 0.6 is 0 Å². The minimum atomic E-state index is -0.665. The van der Waals surface area contributed by atoms with Crippen molar-refractivity contribution in [2.75, 3.05) is 23.8 Å². The molecule has 0 aromatic heterocycles. The van der Waals surface area contributed by atoms with Crippen molar-refractivity contribution >= 4 is 45.9 Å². The van der Waals surface area contributed by atoms with E-state index in [2.05, 4.69) is 10.6 Å². The van der Waals surface area contributed by atoms with E-state index in [1.54, 1.807) is 24.3 Å². The van der Waals surface area contributed by atoms with Gasteiger partial charge in [-0.15, -0.1) is 0 Å². The van der Waals surface area contributed by atoms with Crippen LogP contribution in [0.2, 0.25) is 0 Å². The lowest BCUT2D eigenvalue weighted by Crippen LogP contribution is -2.22. The maximum atomic E-state index is 12.2. The zero-order valence-corrected chi connectivity index (χ0v) is 19.5. The van der Waals surface area contributed by atoms with Crippen molar-refractivity contribution in [2.24, 2.45) is 0 Å². The van der Waals surface area contributed by atoms with Crippen molar-refractivity contribution < 1.29 is 28.7 Å². The van der Waals surface area contributed by atoms with Crippen LogP contribution in [0.5, 0.6) is 0 Å². The molecule has 0 saturated heterocycles. The number of hydrogen-bond donors (Lipinski definition) is 2. The largest absolute Gasteiger partial charge is 0.462 e. The standard InChI is InChI=1S/C27H28N2O6/c1-2-3-16-34-27(33)20-10-6-11-21(17-20)28-24(30)14-15-26(32)35-18-25(31)29-23-13-7-9-19-8-4-5-12-22(19)23/h4-13,17H,2-3,14-16,18H2,1H3,(H,28,30)(H,29,31). The van der Waals surface area contributed by atoms with Gasteiger partial charge < -0.3 is 20.1 Å². The first-order valence-electron chi connectivity index (χ1n) is 11.5. The van der Waals surface area contributed by atoms with E-state index in [1.165, 1.54) is 6.07 Å². The smallest absolute Gasteiger partial charge is 0.338 e. The molecule has 0 unspecified atom stereocenters. The summed E-state index contributed by atoms with van der Waals surface area (Å²) >= 11 is 0. The van der Waals surface area contributed by atoms with Crippen LogP contribution in [0, 0.1) is 0 Å². The summed E-state index contributed by atoms with van der Waals surface area (Å²) < 4.78 is 10.2. The summed E-state index contributed by atoms with van der Waals surface area (Å²) in [6, 6.07) is 19.5. The number of nitrogens with one attached hydrogen (secondary N) is 2. The van der Waals surface area contributed by atoms with Gasteiger partial charge in [0.15, 0.2) is 6.61 Å². The Morgan fingerprint density at radius 1 is 0.800 bits per heavy atom. The van der Waals surface area contributed by atoms with Gasteiger partial charge >= 0.3 is 11.9 Å². The minimum absolute atomic E-state index is 0.130. The molecule has 0 saturated carbocycles. The fraction of sp³-hybridized carbons (Fsp3) is 0.259. The number of hydrogen-bond acceptors (Lipinski definition) is 6. The van der Waals surface area contributed by atoms with Gasteiger partial charge in [0.2, 0.25) is 5.91 Å². The van der Waals surface area contributed by atoms with E-state index >= 15 is 0 Å². The Bertz CT molecular complexity index is 1200. The second-order valence-corrected chi connectivity index (χ2v) is 7.85. The number of ether oxygens (including phenoxy) is 2. The fourth-order valence-corrected chi connectivity index (χ4v) is 3.29. The van der Waals surface area contributed by atoms with Crippen molar-refractivity contribution in [3.05, 3.63) is 72.3 Å². The molecule has 0 bridgehead atoms. The van der Waals surface area contributed by atoms with Crippen LogP contribution in [0.3, 0.4) is 0 Å². The topological polar surface area (TPSA) is 111 Å². The maximum Gasteiger partial charge on any atom is 0.338 e. The number of unbranched alkanes of at least 4 members (excludes halogenated alkanes) is 1. The Kier molecular flexibility index (Phi) is 9.36. The van der Waals surface area contributed by atoms with Crippen molar-refractivity contribution in [3.63, 3.8) is 0 Å². The van der Waals surface area contributed by atoms with Crippen molar-refractivity contribution in [3.8, 4) is 0 Å². The summed E-state index contributed by atoms with van der Waals surface area (Å²) in [5.41, 5.74) is 1.37. The molecule has 0 spiro atoms. The lowest BCUT2D eigenvalue weighted by atomic mass is 10.1. The van der Waals surface area contributed by atoms with E-state index < -0.39 is 30.4 Å². The van der Waals surface area contributed by atoms with Gasteiger partial charge in [0.1, 0.15) is 0 Å². The molecule has 2 N–H and O–H groups in total. The van der Waals surface area contributed by atoms with Gasteiger partial charge in [0.25, 0.3) is 5.91 Å². The van der Waals surface area contributed by atoms with Gasteiger partial charge in [-0.25, -0.2) is 4.79 Å². The summed E-state index contributed by atoms with van der Waals surface area (Å²) in [6.07, 6.45) is 1.38. The lowest BCUT2D eigenvalue weighted by Gasteiger charge is -2.10. The highest BCUT2D eigenvalue weighted by Gasteiger charge is 2.13. The highest BCUT2D eigenvalue weighted by atomic mass is 16.5. The molecule has 0 aliphatic heterocycles. The Hall–Kier alpha value is -4.20. The van der Waals surface area contributed by atoms with E-state index in [4.69, 9.17) is 9.47 Å². The van der Waals surface area contributed by atoms with E-state index in [9.17, 15) is 19.2 Å². The molecule has 3 rings (SSSR count). The van der Waals surface area contributed by atoms with Gasteiger partial charge in [0, 0.05) is 23.2 Å². The molecule has 0 fully saturated rings. The summed E-state index contributed by atoms with van der Waals surface area (Å²) in [5, 5.41) is 7.23. The number of carbonyl (C=O) groups is 4. The highest BCUT2D eigenvalue weighted by Crippen LogP contribution is 2.22. The zero-order chi connectivity index (χ0) is 25.0. The van der Waals surface area contributed by atoms with E-state index in [0.717, 1.165) is 23.6 Å². The summed E-state index contributed by atoms with van der Waals surface area (Å²) in [6.45, 7) is 1.89. The SMILES string of the molecule is CCCCOC(=O)c1cccc(NC(=O)CCC(=O)OCC(=O)Nc2cccc3ccccc23)c1. The quantitative estimate of drug-likeness (QED) is 0.307. The third kappa shape index (κ3) is 7.96. The van der Waals surface area contributed by atoms with Crippen LogP contribution < -0.4 is 10.6 Å². The van der Waals surface area contributed by atoms with Gasteiger partial charge in [-0.3, -0.25) is 14.4 Å². The number of rotatable bonds is 11. The predicted molar refractivity (Wildman–Crippen MR) is 133 cm³/mol. The summed E-state index contributed by atoms with van der Waals surface area (Å²) in [7, 11) is 0. The molecule has 0 aliphatic carbocycles. The number of fused-ring (bicyclic) bond motifs is 1. The van der Waals surface area contributed by atoms with Crippen molar-refractivity contribution in [1.82, 2.24) is 0 Å². The highest BCUT2D eigenvalue weighted by molar-refractivity contribution is 6.03. The van der Waals surface area contributed by atoms with Gasteiger partial charge in [-0.2, -0.15) is 0 Å². The molecule has 182 valence electrons. The van der Waals surface area contributed by atoms with Crippen LogP contribution in [0.15, 0.2) is 66.7 Å². The maximum absolute atomic E-state index is 12.2. The summed E-state index contributed by atoms with van der Waals surface area (Å²) in [5.74, 6) is -2.01. The van der Waals surface area contributed by atoms with E-state index in [1.807, 2.05) is 43.3 Å². The molecule has 3 aromatic carbocycles. The van der Waals surface area contributed by atoms with Crippen LogP contribution in [0.25, 0.3) is 10.8 Å². The molecular weight excluding hydrogens is 448 g/mol. The lowest BCUT2D eigenvalue weighted by molar-refractivity contribution is -0.147. The molecule has 0 radical (unpaired) electrons. The zero-order valence-electron chi connectivity index (χ0n) is 19.5. The Labute approximate surface area is 203 Å². The van der Waals surface area contributed by atoms with Crippen LogP contribution in [0.1, 0.15) is 43.0 Å². The van der Waals surface area contributed by atoms with Crippen LogP contribution in [-0.2, 0) is 23.9 Å². The predicted octanol–water partition coefficient (Wildman–Crippen LogP) is 4.70. The first-order valence-corrected chi connectivity index (χ1v) is 11.5. The normalized spacial score (nSPS) is 10.4. The van der Waals surface area contributed by atoms with E-state index in [0.29, 0.717) is 23.5 Å². The third-order valence-electron chi connectivity index (χ3n) is 5.10. The average Bonchev–Trinajstić information content (AvgIpc) is 2.86. The number of esters is 2. The molecule has 0 aliphatic rings. The molecule has 8 nitrogen and oxygen atoms in total. The van der Waals surface area contributed by atoms with Crippen LogP contribution in [-0.4, -0.2) is 37.0 Å². The monoisotopic (exact) mass is 476 g/mol. The third-order valence-corrected chi connectivity index (χ3v) is 5.10. The average molecular weight is 477 g/mol. The van der Waals surface area contributed by atoms with Crippen molar-refractivity contribution in [2.45, 2.75) is 32.6 Å². The number of carbonyl (C=O) groups excluding carboxylic acids is 4. The first-order chi connectivity index (χ1) is 17.0.